The summed E-state index contributed by atoms with van der Waals surface area (Å²) in [6.45, 7) is 3.56. The van der Waals surface area contributed by atoms with Gasteiger partial charge in [-0.2, -0.15) is 0 Å². The Labute approximate surface area is 53.3 Å². The fourth-order valence-corrected chi connectivity index (χ4v) is 0.638. The molecule has 0 aliphatic rings. The van der Waals surface area contributed by atoms with Crippen molar-refractivity contribution in [2.24, 2.45) is 0 Å². The Morgan fingerprint density at radius 3 is 2.62 bits per heavy atom. The van der Waals surface area contributed by atoms with Crippen molar-refractivity contribution in [1.29, 1.82) is 0 Å². The van der Waals surface area contributed by atoms with Crippen molar-refractivity contribution in [2.75, 3.05) is 0 Å². The van der Waals surface area contributed by atoms with Gasteiger partial charge >= 0.3 is 0 Å². The van der Waals surface area contributed by atoms with Gasteiger partial charge in [0, 0.05) is 6.92 Å². The first-order valence-electron chi connectivity index (χ1n) is 2.29. The van der Waals surface area contributed by atoms with Gasteiger partial charge in [0.1, 0.15) is 11.5 Å². The van der Waals surface area contributed by atoms with Gasteiger partial charge in [-0.25, -0.2) is 0 Å². The topological polar surface area (TPSA) is 13.1 Å². The van der Waals surface area contributed by atoms with Crippen LogP contribution in [0, 0.1) is 6.92 Å². The summed E-state index contributed by atoms with van der Waals surface area (Å²) in [6.07, 6.45) is 0. The molecule has 1 aromatic heterocycles. The van der Waals surface area contributed by atoms with Crippen LogP contribution in [0.3, 0.4) is 0 Å². The molecule has 1 heterocycles. The van der Waals surface area contributed by atoms with E-state index in [2.05, 4.69) is 6.92 Å². The van der Waals surface area contributed by atoms with Crippen molar-refractivity contribution < 1.29 is 4.42 Å². The third-order valence-corrected chi connectivity index (χ3v) is 1.11. The lowest BCUT2D eigenvalue weighted by Gasteiger charge is -1.81. The van der Waals surface area contributed by atoms with Crippen LogP contribution < -0.4 is 0 Å². The van der Waals surface area contributed by atoms with Gasteiger partial charge in [0.25, 0.3) is 0 Å². The smallest absolute Gasteiger partial charge is 0.118 e. The van der Waals surface area contributed by atoms with Crippen molar-refractivity contribution in [3.05, 3.63) is 30.6 Å². The van der Waals surface area contributed by atoms with E-state index in [1.165, 1.54) is 0 Å². The van der Waals surface area contributed by atoms with Crippen LogP contribution in [0.5, 0.6) is 0 Å². The Morgan fingerprint density at radius 2 is 2.38 bits per heavy atom. The molecule has 0 aromatic carbocycles. The molecule has 1 aromatic rings. The molecule has 0 bridgehead atoms. The van der Waals surface area contributed by atoms with Gasteiger partial charge in [-0.3, -0.25) is 0 Å². The Balaban J connectivity index is 2.84. The summed E-state index contributed by atoms with van der Waals surface area (Å²) in [7, 11) is 0. The van der Waals surface area contributed by atoms with Crippen molar-refractivity contribution in [1.82, 2.24) is 0 Å². The van der Waals surface area contributed by atoms with Crippen LogP contribution in [0.4, 0.5) is 0 Å². The molecule has 0 saturated carbocycles. The molecule has 0 amide bonds. The van der Waals surface area contributed by atoms with E-state index >= 15 is 0 Å². The van der Waals surface area contributed by atoms with Gasteiger partial charge in [-0.05, 0) is 12.1 Å². The second kappa shape index (κ2) is 2.23. The zero-order chi connectivity index (χ0) is 5.98. The lowest BCUT2D eigenvalue weighted by molar-refractivity contribution is 0.513. The maximum absolute atomic E-state index is 5.42. The Morgan fingerprint density at radius 1 is 1.62 bits per heavy atom. The van der Waals surface area contributed by atoms with E-state index in [0.29, 0.717) is 11.6 Å². The first-order valence-corrected chi connectivity index (χ1v) is 2.83. The Bertz CT molecular complexity index is 169. The highest BCUT2D eigenvalue weighted by molar-refractivity contribution is 6.16. The molecule has 8 heavy (non-hydrogen) atoms. The number of furan rings is 1. The monoisotopic (exact) mass is 129 g/mol. The molecular weight excluding hydrogens is 124 g/mol. The molecular formula is C6H6ClO. The van der Waals surface area contributed by atoms with Crippen LogP contribution in [0.2, 0.25) is 0 Å². The number of hydrogen-bond acceptors (Lipinski definition) is 1. The summed E-state index contributed by atoms with van der Waals surface area (Å²) >= 11 is 5.42. The van der Waals surface area contributed by atoms with Crippen LogP contribution >= 0.6 is 11.6 Å². The fraction of sp³-hybridized carbons (Fsp3) is 0.167. The molecule has 0 aliphatic carbocycles. The van der Waals surface area contributed by atoms with E-state index in [-0.39, 0.29) is 0 Å². The zero-order valence-corrected chi connectivity index (χ0v) is 5.11. The van der Waals surface area contributed by atoms with Crippen LogP contribution in [0.15, 0.2) is 16.5 Å². The van der Waals surface area contributed by atoms with Crippen molar-refractivity contribution in [2.45, 2.75) is 5.88 Å². The molecule has 0 N–H and O–H groups in total. The van der Waals surface area contributed by atoms with Crippen molar-refractivity contribution in [3.8, 4) is 0 Å². The molecule has 1 radical (unpaired) electrons. The van der Waals surface area contributed by atoms with E-state index in [0.717, 1.165) is 5.76 Å². The van der Waals surface area contributed by atoms with E-state index in [4.69, 9.17) is 16.0 Å². The number of alkyl halides is 1. The van der Waals surface area contributed by atoms with Crippen LogP contribution in [-0.2, 0) is 5.88 Å². The first kappa shape index (κ1) is 5.70. The highest BCUT2D eigenvalue weighted by atomic mass is 35.5. The van der Waals surface area contributed by atoms with Crippen molar-refractivity contribution in [3.63, 3.8) is 0 Å². The maximum atomic E-state index is 5.42. The molecule has 0 aliphatic heterocycles. The van der Waals surface area contributed by atoms with Gasteiger partial charge in [-0.1, -0.05) is 0 Å². The van der Waals surface area contributed by atoms with Crippen LogP contribution in [0.1, 0.15) is 11.5 Å². The highest BCUT2D eigenvalue weighted by Crippen LogP contribution is 2.07. The molecule has 1 rings (SSSR count). The van der Waals surface area contributed by atoms with Gasteiger partial charge in [0.2, 0.25) is 0 Å². The number of halogens is 1. The average molecular weight is 130 g/mol. The minimum absolute atomic E-state index is 0.426. The molecule has 0 spiro atoms. The zero-order valence-electron chi connectivity index (χ0n) is 4.36. The largest absolute Gasteiger partial charge is 0.465 e. The van der Waals surface area contributed by atoms with Gasteiger partial charge < -0.3 is 4.42 Å². The average Bonchev–Trinajstić information content (AvgIpc) is 2.14. The number of hydrogen-bond donors (Lipinski definition) is 0. The molecule has 0 atom stereocenters. The van der Waals surface area contributed by atoms with Crippen LogP contribution in [-0.4, -0.2) is 0 Å². The third kappa shape index (κ3) is 1.04. The molecule has 1 nitrogen and oxygen atoms in total. The van der Waals surface area contributed by atoms with Crippen LogP contribution in [0.25, 0.3) is 0 Å². The minimum atomic E-state index is 0.426. The Hall–Kier alpha value is -0.430. The van der Waals surface area contributed by atoms with Gasteiger partial charge in [0.15, 0.2) is 0 Å². The van der Waals surface area contributed by atoms with E-state index < -0.39 is 0 Å². The van der Waals surface area contributed by atoms with Gasteiger partial charge in [0.05, 0.1) is 5.88 Å². The van der Waals surface area contributed by atoms with Gasteiger partial charge in [-0.15, -0.1) is 11.6 Å². The summed E-state index contributed by atoms with van der Waals surface area (Å²) in [4.78, 5) is 0. The van der Waals surface area contributed by atoms with E-state index in [9.17, 15) is 0 Å². The summed E-state index contributed by atoms with van der Waals surface area (Å²) in [5.41, 5.74) is 0. The first-order chi connectivity index (χ1) is 3.83. The second-order valence-electron chi connectivity index (χ2n) is 1.50. The standard InChI is InChI=1S/C6H6ClO/c1-5-2-3-6(4-7)8-5/h2-3H,1,4H2. The van der Waals surface area contributed by atoms with E-state index in [1.54, 1.807) is 6.07 Å². The quantitative estimate of drug-likeness (QED) is 0.530. The second-order valence-corrected chi connectivity index (χ2v) is 1.77. The lowest BCUT2D eigenvalue weighted by atomic mass is 10.5. The lowest BCUT2D eigenvalue weighted by Crippen LogP contribution is -1.64. The predicted octanol–water partition coefficient (Wildman–Crippen LogP) is 2.20. The summed E-state index contributed by atoms with van der Waals surface area (Å²) < 4.78 is 4.99. The van der Waals surface area contributed by atoms with E-state index in [1.807, 2.05) is 6.07 Å². The SMILES string of the molecule is [CH2]c1ccc(CCl)o1. The summed E-state index contributed by atoms with van der Waals surface area (Å²) in [5, 5.41) is 0. The molecule has 0 unspecified atom stereocenters. The van der Waals surface area contributed by atoms with Crippen molar-refractivity contribution >= 4 is 11.6 Å². The minimum Gasteiger partial charge on any atom is -0.465 e. The molecule has 0 fully saturated rings. The highest BCUT2D eigenvalue weighted by Gasteiger charge is 1.92. The summed E-state index contributed by atoms with van der Waals surface area (Å²) in [5.74, 6) is 1.87. The molecule has 43 valence electrons. The number of rotatable bonds is 1. The Kier molecular flexibility index (Phi) is 1.59. The normalized spacial score (nSPS) is 9.75. The maximum Gasteiger partial charge on any atom is 0.118 e. The molecule has 0 saturated heterocycles. The fourth-order valence-electron chi connectivity index (χ4n) is 0.494. The summed E-state index contributed by atoms with van der Waals surface area (Å²) in [6, 6.07) is 3.60. The third-order valence-electron chi connectivity index (χ3n) is 0.849. The predicted molar refractivity (Wildman–Crippen MR) is 32.7 cm³/mol. The molecule has 2 heteroatoms.